The van der Waals surface area contributed by atoms with Gasteiger partial charge in [0.25, 0.3) is 0 Å². The van der Waals surface area contributed by atoms with Crippen LogP contribution in [0.15, 0.2) is 0 Å². The van der Waals surface area contributed by atoms with Crippen LogP contribution in [0.25, 0.3) is 0 Å². The molecule has 0 rings (SSSR count). The molecule has 5 nitrogen and oxygen atoms in total. The van der Waals surface area contributed by atoms with Gasteiger partial charge in [0.15, 0.2) is 0 Å². The minimum Gasteiger partial charge on any atom is -0.301 e. The number of hydrogen-bond acceptors (Lipinski definition) is 4. The summed E-state index contributed by atoms with van der Waals surface area (Å²) in [6.07, 6.45) is 20.5. The molecule has 0 heterocycles. The van der Waals surface area contributed by atoms with E-state index in [0.717, 1.165) is 12.8 Å². The van der Waals surface area contributed by atoms with E-state index in [-0.39, 0.29) is 6.61 Å². The zero-order chi connectivity index (χ0) is 17.9. The molecule has 146 valence electrons. The Morgan fingerprint density at radius 1 is 0.667 bits per heavy atom. The third-order valence-electron chi connectivity index (χ3n) is 4.36. The largest absolute Gasteiger partial charge is 0.499 e. The monoisotopic (exact) mass is 366 g/mol. The van der Waals surface area contributed by atoms with Crippen LogP contribution in [0.5, 0.6) is 0 Å². The van der Waals surface area contributed by atoms with Crippen molar-refractivity contribution in [2.45, 2.75) is 110 Å². The molecule has 1 unspecified atom stereocenters. The van der Waals surface area contributed by atoms with E-state index in [4.69, 9.17) is 10.2 Å². The summed E-state index contributed by atoms with van der Waals surface area (Å²) in [6.45, 7) is 2.41. The molecule has 0 spiro atoms. The molecule has 0 saturated heterocycles. The first kappa shape index (κ1) is 24.1. The van der Waals surface area contributed by atoms with Crippen molar-refractivity contribution in [3.8, 4) is 0 Å². The van der Waals surface area contributed by atoms with Gasteiger partial charge < -0.3 is 4.89 Å². The second-order valence-corrected chi connectivity index (χ2v) is 8.05. The molecule has 0 amide bonds. The fraction of sp³-hybridized carbons (Fsp3) is 1.00. The molecule has 6 heteroatoms. The van der Waals surface area contributed by atoms with Crippen molar-refractivity contribution < 1.29 is 23.9 Å². The van der Waals surface area contributed by atoms with Crippen LogP contribution >= 0.6 is 7.82 Å². The van der Waals surface area contributed by atoms with E-state index < -0.39 is 7.82 Å². The summed E-state index contributed by atoms with van der Waals surface area (Å²) >= 11 is 0. The lowest BCUT2D eigenvalue weighted by Gasteiger charge is -2.07. The fourth-order valence-corrected chi connectivity index (χ4v) is 3.26. The Balaban J connectivity index is 3.06. The zero-order valence-electron chi connectivity index (χ0n) is 15.6. The van der Waals surface area contributed by atoms with E-state index in [2.05, 4.69) is 16.1 Å². The van der Waals surface area contributed by atoms with E-state index in [9.17, 15) is 4.57 Å². The van der Waals surface area contributed by atoms with Gasteiger partial charge in [-0.2, -0.15) is 0 Å². The molecular formula is C18H39O5P. The second kappa shape index (κ2) is 17.9. The van der Waals surface area contributed by atoms with E-state index in [1.165, 1.54) is 83.5 Å². The molecule has 1 atom stereocenters. The Hall–Kier alpha value is 0.0700. The topological polar surface area (TPSA) is 76.0 Å². The summed E-state index contributed by atoms with van der Waals surface area (Å²) < 4.78 is 18.7. The van der Waals surface area contributed by atoms with E-state index in [0.29, 0.717) is 6.42 Å². The van der Waals surface area contributed by atoms with E-state index >= 15 is 0 Å². The van der Waals surface area contributed by atoms with Crippen LogP contribution in [-0.4, -0.2) is 16.8 Å². The average Bonchev–Trinajstić information content (AvgIpc) is 2.57. The molecule has 0 saturated carbocycles. The van der Waals surface area contributed by atoms with Gasteiger partial charge in [0.2, 0.25) is 0 Å². The van der Waals surface area contributed by atoms with Crippen LogP contribution in [0, 0.1) is 0 Å². The van der Waals surface area contributed by atoms with Crippen molar-refractivity contribution in [1.82, 2.24) is 0 Å². The summed E-state index contributed by atoms with van der Waals surface area (Å²) in [7, 11) is -4.21. The molecule has 0 radical (unpaired) electrons. The molecule has 0 aromatic heterocycles. The number of phosphoric ester groups is 1. The lowest BCUT2D eigenvalue weighted by atomic mass is 10.0. The molecule has 24 heavy (non-hydrogen) atoms. The van der Waals surface area contributed by atoms with Crippen LogP contribution in [-0.2, 0) is 13.8 Å². The van der Waals surface area contributed by atoms with Crippen LogP contribution in [0.1, 0.15) is 110 Å². The summed E-state index contributed by atoms with van der Waals surface area (Å²) in [5, 5.41) is 8.09. The van der Waals surface area contributed by atoms with Gasteiger partial charge in [0.1, 0.15) is 0 Å². The summed E-state index contributed by atoms with van der Waals surface area (Å²) in [5.74, 6) is 0. The first-order chi connectivity index (χ1) is 11.6. The highest BCUT2D eigenvalue weighted by Crippen LogP contribution is 2.41. The normalized spacial score (nSPS) is 14.0. The Kier molecular flexibility index (Phi) is 17.9. The second-order valence-electron chi connectivity index (χ2n) is 6.69. The Labute approximate surface area is 148 Å². The molecule has 0 bridgehead atoms. The molecule has 0 aromatic carbocycles. The van der Waals surface area contributed by atoms with Crippen molar-refractivity contribution in [3.05, 3.63) is 0 Å². The van der Waals surface area contributed by atoms with Crippen LogP contribution < -0.4 is 0 Å². The maximum absolute atomic E-state index is 10.8. The van der Waals surface area contributed by atoms with Crippen molar-refractivity contribution >= 4 is 7.82 Å². The standard InChI is InChI=1S/C18H39O5P/c1-2-3-4-5-6-7-8-9-10-11-12-13-14-15-16-17-18-22-24(20,21)23-19/h19H,2-18H2,1H3,(H,20,21). The van der Waals surface area contributed by atoms with Gasteiger partial charge in [-0.15, -0.1) is 4.67 Å². The van der Waals surface area contributed by atoms with E-state index in [1.807, 2.05) is 0 Å². The van der Waals surface area contributed by atoms with Crippen LogP contribution in [0.2, 0.25) is 0 Å². The van der Waals surface area contributed by atoms with Crippen molar-refractivity contribution in [3.63, 3.8) is 0 Å². The van der Waals surface area contributed by atoms with Gasteiger partial charge in [-0.1, -0.05) is 103 Å². The summed E-state index contributed by atoms with van der Waals surface area (Å²) in [4.78, 5) is 8.81. The van der Waals surface area contributed by atoms with Gasteiger partial charge in [0.05, 0.1) is 6.61 Å². The number of unbranched alkanes of at least 4 members (excludes halogenated alkanes) is 15. The predicted molar refractivity (Wildman–Crippen MR) is 99.0 cm³/mol. The Bertz CT molecular complexity index is 299. The zero-order valence-corrected chi connectivity index (χ0v) is 16.5. The third kappa shape index (κ3) is 18.4. The van der Waals surface area contributed by atoms with Crippen molar-refractivity contribution in [2.24, 2.45) is 0 Å². The maximum Gasteiger partial charge on any atom is 0.499 e. The molecule has 0 aliphatic rings. The minimum absolute atomic E-state index is 0.146. The first-order valence-corrected chi connectivity index (χ1v) is 11.4. The van der Waals surface area contributed by atoms with Gasteiger partial charge in [-0.05, 0) is 6.42 Å². The van der Waals surface area contributed by atoms with Crippen LogP contribution in [0.3, 0.4) is 0 Å². The molecule has 0 aliphatic heterocycles. The minimum atomic E-state index is -4.21. The van der Waals surface area contributed by atoms with Gasteiger partial charge >= 0.3 is 7.82 Å². The first-order valence-electron chi connectivity index (χ1n) is 9.93. The highest BCUT2D eigenvalue weighted by molar-refractivity contribution is 7.47. The summed E-state index contributed by atoms with van der Waals surface area (Å²) in [6, 6.07) is 0. The number of rotatable bonds is 19. The fourth-order valence-electron chi connectivity index (χ4n) is 2.85. The molecule has 0 aliphatic carbocycles. The SMILES string of the molecule is CCCCCCCCCCCCCCCCCCOP(=O)(O)OO. The maximum atomic E-state index is 10.8. The summed E-state index contributed by atoms with van der Waals surface area (Å²) in [5.41, 5.74) is 0. The molecule has 0 aromatic rings. The molecule has 0 fully saturated rings. The van der Waals surface area contributed by atoms with Crippen molar-refractivity contribution in [1.29, 1.82) is 0 Å². The van der Waals surface area contributed by atoms with Gasteiger partial charge in [-0.3, -0.25) is 4.52 Å². The lowest BCUT2D eigenvalue weighted by Crippen LogP contribution is -1.94. The Morgan fingerprint density at radius 2 is 1.00 bits per heavy atom. The van der Waals surface area contributed by atoms with Gasteiger partial charge in [0, 0.05) is 0 Å². The van der Waals surface area contributed by atoms with Gasteiger partial charge in [-0.25, -0.2) is 9.82 Å². The lowest BCUT2D eigenvalue weighted by molar-refractivity contribution is -0.162. The third-order valence-corrected chi connectivity index (χ3v) is 5.07. The highest BCUT2D eigenvalue weighted by atomic mass is 31.2. The number of hydrogen-bond donors (Lipinski definition) is 2. The Morgan fingerprint density at radius 3 is 1.33 bits per heavy atom. The average molecular weight is 366 g/mol. The van der Waals surface area contributed by atoms with Crippen molar-refractivity contribution in [2.75, 3.05) is 6.61 Å². The predicted octanol–water partition coefficient (Wildman–Crippen LogP) is 6.85. The smallest absolute Gasteiger partial charge is 0.301 e. The quantitative estimate of drug-likeness (QED) is 0.113. The molecular weight excluding hydrogens is 327 g/mol. The highest BCUT2D eigenvalue weighted by Gasteiger charge is 2.19. The number of phosphoric acid groups is 1. The molecule has 2 N–H and O–H groups in total. The van der Waals surface area contributed by atoms with Crippen LogP contribution in [0.4, 0.5) is 0 Å². The van der Waals surface area contributed by atoms with E-state index in [1.54, 1.807) is 0 Å².